The van der Waals surface area contributed by atoms with E-state index in [9.17, 15) is 35.4 Å². The average Bonchev–Trinajstić information content (AvgIpc) is 2.47. The average molecular weight is 319 g/mol. The van der Waals surface area contributed by atoms with Crippen molar-refractivity contribution >= 4 is 11.0 Å². The predicted octanol–water partition coefficient (Wildman–Crippen LogP) is 1.81. The summed E-state index contributed by atoms with van der Waals surface area (Å²) in [5, 5.41) is 57.2. The van der Waals surface area contributed by atoms with Crippen LogP contribution in [0.3, 0.4) is 0 Å². The van der Waals surface area contributed by atoms with E-state index in [1.165, 1.54) is 0 Å². The van der Waals surface area contributed by atoms with Crippen LogP contribution in [0.1, 0.15) is 1.43 Å². The molecule has 0 fully saturated rings. The highest BCUT2D eigenvalue weighted by Crippen LogP contribution is 2.42. The lowest BCUT2D eigenvalue weighted by atomic mass is 10.1. The van der Waals surface area contributed by atoms with Gasteiger partial charge in [0.05, 0.1) is 0 Å². The quantitative estimate of drug-likeness (QED) is 0.371. The molecule has 0 amide bonds. The Hall–Kier alpha value is -3.55. The molecular weight excluding hydrogens is 308 g/mol. The van der Waals surface area contributed by atoms with Crippen LogP contribution in [0, 0.1) is 0 Å². The van der Waals surface area contributed by atoms with Crippen molar-refractivity contribution in [2.45, 2.75) is 0 Å². The highest BCUT2D eigenvalue weighted by atomic mass is 16.4. The fourth-order valence-electron chi connectivity index (χ4n) is 2.21. The maximum atomic E-state index is 12.2. The molecule has 0 saturated carbocycles. The number of hydrogen-bond acceptors (Lipinski definition) is 8. The van der Waals surface area contributed by atoms with Crippen LogP contribution in [0.4, 0.5) is 0 Å². The molecule has 0 saturated heterocycles. The largest absolute Gasteiger partial charge is 1.00 e. The molecule has 1 heterocycles. The van der Waals surface area contributed by atoms with Crippen LogP contribution in [0.25, 0.3) is 22.3 Å². The molecule has 23 heavy (non-hydrogen) atoms. The first-order chi connectivity index (χ1) is 10.8. The second kappa shape index (κ2) is 4.73. The van der Waals surface area contributed by atoms with Gasteiger partial charge in [-0.1, -0.05) is 0 Å². The van der Waals surface area contributed by atoms with E-state index in [1.807, 2.05) is 0 Å². The zero-order valence-corrected chi connectivity index (χ0v) is 11.3. The topological polar surface area (TPSA) is 152 Å². The summed E-state index contributed by atoms with van der Waals surface area (Å²) in [4.78, 5) is 12.2. The van der Waals surface area contributed by atoms with Crippen LogP contribution in [0.15, 0.2) is 33.5 Å². The normalized spacial score (nSPS) is 11.0. The van der Waals surface area contributed by atoms with Gasteiger partial charge in [-0.2, -0.15) is 0 Å². The predicted molar refractivity (Wildman–Crippen MR) is 79.0 cm³/mol. The van der Waals surface area contributed by atoms with Gasteiger partial charge < -0.3 is 35.1 Å². The minimum Gasteiger partial charge on any atom is -0.508 e. The minimum absolute atomic E-state index is 0. The Bertz CT molecular complexity index is 986. The molecule has 6 N–H and O–H groups in total. The molecule has 0 aliphatic rings. The van der Waals surface area contributed by atoms with Gasteiger partial charge in [-0.3, -0.25) is 4.79 Å². The zero-order chi connectivity index (χ0) is 16.9. The van der Waals surface area contributed by atoms with Crippen molar-refractivity contribution in [1.82, 2.24) is 0 Å². The highest BCUT2D eigenvalue weighted by molar-refractivity contribution is 5.88. The first-order valence-corrected chi connectivity index (χ1v) is 6.26. The summed E-state index contributed by atoms with van der Waals surface area (Å²) in [6, 6.07) is 3.89. The third-order valence-corrected chi connectivity index (χ3v) is 3.27. The van der Waals surface area contributed by atoms with Crippen molar-refractivity contribution < 1.29 is 36.5 Å². The van der Waals surface area contributed by atoms with Crippen molar-refractivity contribution in [2.75, 3.05) is 0 Å². The van der Waals surface area contributed by atoms with Gasteiger partial charge in [-0.25, -0.2) is 0 Å². The number of fused-ring (bicyclic) bond motifs is 1. The van der Waals surface area contributed by atoms with Crippen LogP contribution in [-0.4, -0.2) is 30.6 Å². The van der Waals surface area contributed by atoms with Gasteiger partial charge in [-0.15, -0.1) is 0 Å². The summed E-state index contributed by atoms with van der Waals surface area (Å²) >= 11 is 0. The third kappa shape index (κ3) is 2.13. The van der Waals surface area contributed by atoms with E-state index in [-0.39, 0.29) is 23.7 Å². The van der Waals surface area contributed by atoms with Crippen molar-refractivity contribution in [3.8, 4) is 45.8 Å². The van der Waals surface area contributed by atoms with Crippen LogP contribution < -0.4 is 5.43 Å². The molecule has 2 aromatic carbocycles. The molecular formula is C15H11O8+. The monoisotopic (exact) mass is 319 g/mol. The molecule has 1 aromatic heterocycles. The summed E-state index contributed by atoms with van der Waals surface area (Å²) < 4.78 is 5.30. The van der Waals surface area contributed by atoms with Gasteiger partial charge in [0.25, 0.3) is 0 Å². The van der Waals surface area contributed by atoms with E-state index >= 15 is 0 Å². The number of phenols is 5. The smallest absolute Gasteiger partial charge is 0.508 e. The second-order valence-corrected chi connectivity index (χ2v) is 4.81. The fraction of sp³-hybridized carbons (Fsp3) is 0. The van der Waals surface area contributed by atoms with E-state index in [1.54, 1.807) is 0 Å². The van der Waals surface area contributed by atoms with E-state index < -0.39 is 39.9 Å². The Morgan fingerprint density at radius 2 is 1.39 bits per heavy atom. The number of hydrogen-bond donors (Lipinski definition) is 6. The molecule has 0 atom stereocenters. The van der Waals surface area contributed by atoms with Gasteiger partial charge in [0.1, 0.15) is 22.5 Å². The van der Waals surface area contributed by atoms with Crippen molar-refractivity contribution in [3.05, 3.63) is 34.5 Å². The SMILES string of the molecule is O=c1c(O)c(-c2cc(O)c(O)c(O)c2)oc2cc(O)cc(O)c12.[H+]. The van der Waals surface area contributed by atoms with Gasteiger partial charge >= 0.3 is 1.43 Å². The Labute approximate surface area is 128 Å². The molecule has 3 aromatic rings. The van der Waals surface area contributed by atoms with Gasteiger partial charge in [-0.05, 0) is 12.1 Å². The minimum atomic E-state index is -0.967. The number of rotatable bonds is 1. The highest BCUT2D eigenvalue weighted by Gasteiger charge is 2.20. The van der Waals surface area contributed by atoms with Crippen LogP contribution in [-0.2, 0) is 0 Å². The molecule has 0 unspecified atom stereocenters. The van der Waals surface area contributed by atoms with E-state index in [0.717, 1.165) is 24.3 Å². The molecule has 8 heteroatoms. The Morgan fingerprint density at radius 1 is 0.783 bits per heavy atom. The lowest BCUT2D eigenvalue weighted by molar-refractivity contribution is 0.368. The second-order valence-electron chi connectivity index (χ2n) is 4.81. The Kier molecular flexibility index (Phi) is 2.96. The molecule has 0 aliphatic carbocycles. The van der Waals surface area contributed by atoms with Crippen LogP contribution >= 0.6 is 0 Å². The maximum Gasteiger partial charge on any atom is 1.00 e. The standard InChI is InChI=1S/C15H10O8/c16-6-3-7(17)11-10(4-6)23-15(14(22)13(11)21)5-1-8(18)12(20)9(19)2-5/h1-4,16-20,22H/p+1. The first-order valence-electron chi connectivity index (χ1n) is 6.26. The summed E-state index contributed by atoms with van der Waals surface area (Å²) in [5.74, 6) is -4.40. The van der Waals surface area contributed by atoms with Crippen molar-refractivity contribution in [3.63, 3.8) is 0 Å². The molecule has 8 nitrogen and oxygen atoms in total. The number of aromatic hydroxyl groups is 6. The summed E-state index contributed by atoms with van der Waals surface area (Å²) in [5.41, 5.74) is -1.28. The van der Waals surface area contributed by atoms with Crippen molar-refractivity contribution in [2.24, 2.45) is 0 Å². The molecule has 118 valence electrons. The number of phenolic OH excluding ortho intramolecular Hbond substituents is 5. The lowest BCUT2D eigenvalue weighted by Crippen LogP contribution is -2.03. The molecule has 0 bridgehead atoms. The summed E-state index contributed by atoms with van der Waals surface area (Å²) in [6.45, 7) is 0. The van der Waals surface area contributed by atoms with E-state index in [4.69, 9.17) is 4.42 Å². The van der Waals surface area contributed by atoms with Gasteiger partial charge in [0.2, 0.25) is 11.2 Å². The maximum absolute atomic E-state index is 12.2. The van der Waals surface area contributed by atoms with Crippen molar-refractivity contribution in [1.29, 1.82) is 0 Å². The molecule has 3 rings (SSSR count). The lowest BCUT2D eigenvalue weighted by Gasteiger charge is -2.09. The fourth-order valence-corrected chi connectivity index (χ4v) is 2.21. The summed E-state index contributed by atoms with van der Waals surface area (Å²) in [7, 11) is 0. The molecule has 0 aliphatic heterocycles. The first kappa shape index (κ1) is 14.4. The van der Waals surface area contributed by atoms with Gasteiger partial charge in [0.15, 0.2) is 23.0 Å². The van der Waals surface area contributed by atoms with Gasteiger partial charge in [0, 0.05) is 17.7 Å². The van der Waals surface area contributed by atoms with E-state index in [2.05, 4.69) is 0 Å². The summed E-state index contributed by atoms with van der Waals surface area (Å²) in [6.07, 6.45) is 0. The molecule has 0 spiro atoms. The zero-order valence-electron chi connectivity index (χ0n) is 12.3. The molecule has 0 radical (unpaired) electrons. The Morgan fingerprint density at radius 3 is 2.00 bits per heavy atom. The van der Waals surface area contributed by atoms with E-state index in [0.29, 0.717) is 0 Å². The Balaban J connectivity index is 0.00000208. The number of benzene rings is 2. The third-order valence-electron chi connectivity index (χ3n) is 3.27. The van der Waals surface area contributed by atoms with Crippen LogP contribution in [0.2, 0.25) is 0 Å². The van der Waals surface area contributed by atoms with Crippen LogP contribution in [0.5, 0.6) is 34.5 Å².